The van der Waals surface area contributed by atoms with Crippen LogP contribution in [0.3, 0.4) is 0 Å². The van der Waals surface area contributed by atoms with Crippen molar-refractivity contribution < 1.29 is 13.7 Å². The van der Waals surface area contributed by atoms with Crippen molar-refractivity contribution in [2.24, 2.45) is 11.8 Å². The first-order chi connectivity index (χ1) is 15.9. The van der Waals surface area contributed by atoms with Gasteiger partial charge in [0.05, 0.1) is 17.2 Å². The van der Waals surface area contributed by atoms with Gasteiger partial charge in [-0.05, 0) is 67.9 Å². The number of nitriles is 1. The third-order valence-electron chi connectivity index (χ3n) is 8.30. The number of aromatic nitrogens is 2. The second-order valence-electron chi connectivity index (χ2n) is 10.6. The molecule has 6 rings (SSSR count). The van der Waals surface area contributed by atoms with Crippen LogP contribution in [0.25, 0.3) is 0 Å². The van der Waals surface area contributed by atoms with Crippen LogP contribution in [-0.4, -0.2) is 40.3 Å². The lowest BCUT2D eigenvalue weighted by molar-refractivity contribution is 0.169. The fourth-order valence-corrected chi connectivity index (χ4v) is 5.78. The highest BCUT2D eigenvalue weighted by molar-refractivity contribution is 5.92. The fourth-order valence-electron chi connectivity index (χ4n) is 5.78. The Hall–Kier alpha value is -2.95. The smallest absolute Gasteiger partial charge is 0.321 e. The Morgan fingerprint density at radius 3 is 2.64 bits per heavy atom. The first kappa shape index (κ1) is 20.6. The monoisotopic (exact) mass is 449 g/mol. The summed E-state index contributed by atoms with van der Waals surface area (Å²) in [7, 11) is 0. The lowest BCUT2D eigenvalue weighted by Gasteiger charge is -2.37. The first-order valence-corrected chi connectivity index (χ1v) is 12.0. The van der Waals surface area contributed by atoms with Gasteiger partial charge in [-0.1, -0.05) is 24.2 Å². The molecule has 0 radical (unpaired) electrons. The maximum atomic E-state index is 13.3. The molecule has 1 aromatic heterocycles. The van der Waals surface area contributed by atoms with E-state index in [1.54, 1.807) is 11.0 Å². The molecule has 0 bridgehead atoms. The molecule has 1 N–H and O–H groups in total. The van der Waals surface area contributed by atoms with E-state index < -0.39 is 6.17 Å². The summed E-state index contributed by atoms with van der Waals surface area (Å²) < 4.78 is 18.6. The number of nitrogens with one attached hydrogen (secondary N) is 1. The molecule has 2 amide bonds. The van der Waals surface area contributed by atoms with Crippen LogP contribution < -0.4 is 5.32 Å². The molecule has 33 heavy (non-hydrogen) atoms. The number of nitrogens with zero attached hydrogens (tertiary/aromatic N) is 4. The average Bonchev–Trinajstić information content (AvgIpc) is 3.60. The van der Waals surface area contributed by atoms with E-state index in [0.29, 0.717) is 61.2 Å². The van der Waals surface area contributed by atoms with Crippen LogP contribution >= 0.6 is 0 Å². The van der Waals surface area contributed by atoms with E-state index >= 15 is 0 Å². The summed E-state index contributed by atoms with van der Waals surface area (Å²) >= 11 is 0. The molecule has 3 saturated carbocycles. The zero-order chi connectivity index (χ0) is 22.7. The lowest BCUT2D eigenvalue weighted by atomic mass is 9.79. The number of alkyl halides is 1. The van der Waals surface area contributed by atoms with Gasteiger partial charge >= 0.3 is 6.03 Å². The van der Waals surface area contributed by atoms with Gasteiger partial charge in [0.1, 0.15) is 12.2 Å². The van der Waals surface area contributed by atoms with Gasteiger partial charge < -0.3 is 14.7 Å². The zero-order valence-corrected chi connectivity index (χ0v) is 18.8. The highest BCUT2D eigenvalue weighted by Gasteiger charge is 2.47. The van der Waals surface area contributed by atoms with Crippen molar-refractivity contribution in [2.75, 3.05) is 18.4 Å². The summed E-state index contributed by atoms with van der Waals surface area (Å²) in [6.45, 7) is 3.18. The third-order valence-corrected chi connectivity index (χ3v) is 8.30. The third kappa shape index (κ3) is 3.68. The molecule has 1 aliphatic heterocycles. The minimum absolute atomic E-state index is 0.170. The molecule has 4 aliphatic rings. The fraction of sp³-hybridized carbons (Fsp3) is 0.600. The van der Waals surface area contributed by atoms with E-state index in [4.69, 9.17) is 4.52 Å². The number of amides is 2. The van der Waals surface area contributed by atoms with E-state index in [-0.39, 0.29) is 17.4 Å². The van der Waals surface area contributed by atoms with Crippen molar-refractivity contribution in [1.82, 2.24) is 15.0 Å². The maximum Gasteiger partial charge on any atom is 0.321 e. The van der Waals surface area contributed by atoms with Gasteiger partial charge in [0.15, 0.2) is 5.82 Å². The number of fused-ring (bicyclic) bond motifs is 1. The molecule has 1 aromatic carbocycles. The largest absolute Gasteiger partial charge is 0.339 e. The summed E-state index contributed by atoms with van der Waals surface area (Å²) in [5.74, 6) is 2.82. The van der Waals surface area contributed by atoms with Crippen LogP contribution in [0, 0.1) is 23.2 Å². The lowest BCUT2D eigenvalue weighted by Crippen LogP contribution is -2.46. The Bertz CT molecular complexity index is 1120. The Balaban J connectivity index is 1.14. The summed E-state index contributed by atoms with van der Waals surface area (Å²) in [5, 5.41) is 16.9. The van der Waals surface area contributed by atoms with Crippen LogP contribution in [0.1, 0.15) is 80.1 Å². The summed E-state index contributed by atoms with van der Waals surface area (Å²) in [5.41, 5.74) is 1.99. The van der Waals surface area contributed by atoms with E-state index in [1.807, 2.05) is 6.07 Å². The molecule has 2 aromatic rings. The van der Waals surface area contributed by atoms with E-state index in [1.165, 1.54) is 6.42 Å². The van der Waals surface area contributed by atoms with Crippen LogP contribution in [-0.2, 0) is 5.41 Å². The van der Waals surface area contributed by atoms with Crippen LogP contribution in [0.15, 0.2) is 22.7 Å². The molecule has 7 nitrogen and oxygen atoms in total. The number of benzene rings is 1. The number of urea groups is 1. The Labute approximate surface area is 192 Å². The number of hydrogen-bond acceptors (Lipinski definition) is 5. The molecule has 1 saturated heterocycles. The van der Waals surface area contributed by atoms with Crippen molar-refractivity contribution in [3.05, 3.63) is 41.0 Å². The van der Waals surface area contributed by atoms with Gasteiger partial charge in [0.25, 0.3) is 0 Å². The minimum atomic E-state index is -0.868. The van der Waals surface area contributed by atoms with Gasteiger partial charge in [-0.2, -0.15) is 10.2 Å². The van der Waals surface area contributed by atoms with E-state index in [9.17, 15) is 14.4 Å². The molecule has 3 aliphatic carbocycles. The van der Waals surface area contributed by atoms with Gasteiger partial charge in [-0.3, -0.25) is 0 Å². The number of para-hydroxylation sites is 1. The number of anilines is 1. The highest BCUT2D eigenvalue weighted by atomic mass is 19.1. The molecular weight excluding hydrogens is 421 g/mol. The summed E-state index contributed by atoms with van der Waals surface area (Å²) in [6, 6.07) is 7.85. The molecule has 4 atom stereocenters. The minimum Gasteiger partial charge on any atom is -0.339 e. The number of piperidine rings is 1. The van der Waals surface area contributed by atoms with Crippen molar-refractivity contribution >= 4 is 11.7 Å². The maximum absolute atomic E-state index is 13.3. The quantitative estimate of drug-likeness (QED) is 0.719. The Morgan fingerprint density at radius 2 is 1.97 bits per heavy atom. The molecule has 8 heteroatoms. The van der Waals surface area contributed by atoms with Gasteiger partial charge in [-0.25, -0.2) is 9.18 Å². The van der Waals surface area contributed by atoms with Gasteiger partial charge in [0, 0.05) is 18.5 Å². The molecular formula is C25H28FN5O2. The number of halogens is 1. The predicted molar refractivity (Wildman–Crippen MR) is 118 cm³/mol. The number of carbonyl (C=O) groups is 1. The highest BCUT2D eigenvalue weighted by Crippen LogP contribution is 2.58. The molecule has 2 unspecified atom stereocenters. The number of carbonyl (C=O) groups excluding carboxylic acids is 1. The van der Waals surface area contributed by atoms with Gasteiger partial charge in [-0.15, -0.1) is 0 Å². The van der Waals surface area contributed by atoms with E-state index in [2.05, 4.69) is 34.5 Å². The Morgan fingerprint density at radius 1 is 1.24 bits per heavy atom. The van der Waals surface area contributed by atoms with Crippen LogP contribution in [0.2, 0.25) is 0 Å². The second-order valence-corrected chi connectivity index (χ2v) is 10.6. The van der Waals surface area contributed by atoms with Crippen LogP contribution in [0.5, 0.6) is 0 Å². The molecule has 172 valence electrons. The van der Waals surface area contributed by atoms with Crippen molar-refractivity contribution in [3.8, 4) is 6.07 Å². The van der Waals surface area contributed by atoms with E-state index in [0.717, 1.165) is 30.2 Å². The van der Waals surface area contributed by atoms with Crippen molar-refractivity contribution in [2.45, 2.75) is 68.9 Å². The number of hydrogen-bond donors (Lipinski definition) is 1. The molecule has 4 fully saturated rings. The number of rotatable bonds is 4. The van der Waals surface area contributed by atoms with Crippen molar-refractivity contribution in [1.29, 1.82) is 5.26 Å². The summed E-state index contributed by atoms with van der Waals surface area (Å²) in [6.07, 6.45) is 4.62. The Kier molecular flexibility index (Phi) is 4.72. The summed E-state index contributed by atoms with van der Waals surface area (Å²) in [4.78, 5) is 19.4. The predicted octanol–water partition coefficient (Wildman–Crippen LogP) is 4.87. The average molecular weight is 450 g/mol. The second kappa shape index (κ2) is 7.54. The van der Waals surface area contributed by atoms with Crippen molar-refractivity contribution in [3.63, 3.8) is 0 Å². The normalized spacial score (nSPS) is 31.5. The topological polar surface area (TPSA) is 95.1 Å². The van der Waals surface area contributed by atoms with Crippen LogP contribution in [0.4, 0.5) is 14.9 Å². The molecule has 0 spiro atoms. The first-order valence-electron chi connectivity index (χ1n) is 12.0. The van der Waals surface area contributed by atoms with Gasteiger partial charge in [0.2, 0.25) is 5.89 Å². The zero-order valence-electron chi connectivity index (χ0n) is 18.8. The number of likely N-dealkylation sites (tertiary alicyclic amines) is 1. The SMILES string of the molecule is CC1(c2noc([C@@H]3C[C@@H]3F)n2)CCN(C(=O)Nc2c(C#N)cccc2C2CC3CC3C2)CC1. The molecule has 2 heterocycles. The standard InChI is InChI=1S/C25H28FN5O2/c1-25(23-29-22(33-30-23)19-12-20(19)26)5-7-31(8-6-25)24(32)28-21-14(13-27)3-2-4-18(21)17-10-15-9-16(15)11-17/h2-4,15-17,19-20H,5-12H2,1H3,(H,28,32)/t15?,16?,17?,19-,20+/m1/s1.